The largest absolute Gasteiger partial charge is 0.490 e. The Hall–Kier alpha value is -2.08. The minimum atomic E-state index is -0.974. The summed E-state index contributed by atoms with van der Waals surface area (Å²) < 4.78 is 16.4. The Morgan fingerprint density at radius 1 is 1.19 bits per heavy atom. The van der Waals surface area contributed by atoms with Crippen molar-refractivity contribution in [1.82, 2.24) is 0 Å². The van der Waals surface area contributed by atoms with E-state index in [1.54, 1.807) is 0 Å². The Bertz CT molecular complexity index is 649. The average molecular weight is 306 g/mol. The van der Waals surface area contributed by atoms with Gasteiger partial charge in [-0.25, -0.2) is 4.79 Å². The van der Waals surface area contributed by atoms with Gasteiger partial charge in [0.15, 0.2) is 11.5 Å². The maximum absolute atomic E-state index is 11.0. The van der Waals surface area contributed by atoms with Gasteiger partial charge in [-0.2, -0.15) is 0 Å². The van der Waals surface area contributed by atoms with E-state index >= 15 is 0 Å². The van der Waals surface area contributed by atoms with Gasteiger partial charge < -0.3 is 19.0 Å². The van der Waals surface area contributed by atoms with Crippen LogP contribution in [0.5, 0.6) is 11.5 Å². The van der Waals surface area contributed by atoms with Gasteiger partial charge in [-0.1, -0.05) is 0 Å². The van der Waals surface area contributed by atoms with Gasteiger partial charge in [0.25, 0.3) is 0 Å². The molecule has 0 fully saturated rings. The summed E-state index contributed by atoms with van der Waals surface area (Å²) in [7, 11) is 0. The number of carboxylic acids is 1. The first-order chi connectivity index (χ1) is 10.2. The molecule has 0 unspecified atom stereocenters. The molecule has 1 aromatic carbocycles. The molecule has 0 atom stereocenters. The number of carboxylic acid groups (broad SMARTS) is 1. The summed E-state index contributed by atoms with van der Waals surface area (Å²) in [6.07, 6.45) is 2.26. The number of hydrogen-bond donors (Lipinski definition) is 1. The van der Waals surface area contributed by atoms with Gasteiger partial charge in [0, 0.05) is 11.3 Å². The van der Waals surface area contributed by atoms with E-state index in [9.17, 15) is 4.79 Å². The van der Waals surface area contributed by atoms with E-state index in [0.717, 1.165) is 22.8 Å². The summed E-state index contributed by atoms with van der Waals surface area (Å²) >= 11 is 1.50. The van der Waals surface area contributed by atoms with Crippen molar-refractivity contribution in [3.8, 4) is 11.5 Å². The topological polar surface area (TPSA) is 68.9 Å². The molecule has 21 heavy (non-hydrogen) atoms. The van der Waals surface area contributed by atoms with Crippen molar-refractivity contribution in [2.24, 2.45) is 0 Å². The smallest absolute Gasteiger partial charge is 0.339 e. The van der Waals surface area contributed by atoms with Crippen molar-refractivity contribution in [3.05, 3.63) is 41.9 Å². The normalized spacial score (nSPS) is 13.7. The zero-order valence-electron chi connectivity index (χ0n) is 11.2. The fourth-order valence-corrected chi connectivity index (χ4v) is 2.90. The van der Waals surface area contributed by atoms with Gasteiger partial charge in [0.05, 0.1) is 25.2 Å². The molecule has 5 nitrogen and oxygen atoms in total. The molecule has 2 aromatic rings. The third-order valence-electron chi connectivity index (χ3n) is 3.06. The van der Waals surface area contributed by atoms with Crippen LogP contribution in [0.25, 0.3) is 0 Å². The number of furan rings is 1. The Morgan fingerprint density at radius 2 is 2.00 bits per heavy atom. The van der Waals surface area contributed by atoms with E-state index in [1.807, 2.05) is 18.2 Å². The Balaban J connectivity index is 1.72. The maximum Gasteiger partial charge on any atom is 0.339 e. The molecule has 1 aromatic heterocycles. The summed E-state index contributed by atoms with van der Waals surface area (Å²) in [4.78, 5) is 12.0. The van der Waals surface area contributed by atoms with Crippen molar-refractivity contribution in [1.29, 1.82) is 0 Å². The second-order valence-electron chi connectivity index (χ2n) is 4.51. The third-order valence-corrected chi connectivity index (χ3v) is 4.06. The molecule has 1 aliphatic heterocycles. The van der Waals surface area contributed by atoms with Crippen LogP contribution in [0.15, 0.2) is 39.8 Å². The van der Waals surface area contributed by atoms with Crippen LogP contribution in [0.4, 0.5) is 0 Å². The molecule has 1 aliphatic rings. The lowest BCUT2D eigenvalue weighted by atomic mass is 10.3. The average Bonchev–Trinajstić information content (AvgIpc) is 2.83. The molecule has 1 N–H and O–H groups in total. The standard InChI is InChI=1S/C15H14O5S/c16-15(17)11-4-7-20-14(11)9-21-10-2-3-12-13(8-10)19-6-1-5-18-12/h2-4,7-8H,1,5-6,9H2,(H,16,17). The maximum atomic E-state index is 11.0. The monoisotopic (exact) mass is 306 g/mol. The van der Waals surface area contributed by atoms with Crippen molar-refractivity contribution in [2.45, 2.75) is 17.1 Å². The van der Waals surface area contributed by atoms with Crippen LogP contribution in [0, 0.1) is 0 Å². The van der Waals surface area contributed by atoms with Crippen LogP contribution in [-0.2, 0) is 5.75 Å². The van der Waals surface area contributed by atoms with Crippen LogP contribution in [0.2, 0.25) is 0 Å². The molecule has 0 saturated carbocycles. The number of rotatable bonds is 4. The lowest BCUT2D eigenvalue weighted by molar-refractivity contribution is 0.0695. The van der Waals surface area contributed by atoms with Crippen LogP contribution < -0.4 is 9.47 Å². The highest BCUT2D eigenvalue weighted by Crippen LogP contribution is 2.35. The summed E-state index contributed by atoms with van der Waals surface area (Å²) in [5, 5.41) is 9.04. The summed E-state index contributed by atoms with van der Waals surface area (Å²) in [6.45, 7) is 1.30. The fraction of sp³-hybridized carbons (Fsp3) is 0.267. The SMILES string of the molecule is O=C(O)c1ccoc1CSc1ccc2c(c1)OCCCO2. The number of carbonyl (C=O) groups is 1. The summed E-state index contributed by atoms with van der Waals surface area (Å²) in [5.74, 6) is 1.42. The van der Waals surface area contributed by atoms with Crippen molar-refractivity contribution in [3.63, 3.8) is 0 Å². The summed E-state index contributed by atoms with van der Waals surface area (Å²) in [5.41, 5.74) is 0.205. The predicted octanol–water partition coefficient (Wildman–Crippen LogP) is 3.43. The number of thioether (sulfide) groups is 1. The minimum absolute atomic E-state index is 0.205. The molecular weight excluding hydrogens is 292 g/mol. The number of ether oxygens (including phenoxy) is 2. The number of fused-ring (bicyclic) bond motifs is 1. The molecule has 6 heteroatoms. The number of hydrogen-bond acceptors (Lipinski definition) is 5. The Morgan fingerprint density at radius 3 is 2.81 bits per heavy atom. The van der Waals surface area contributed by atoms with E-state index in [1.165, 1.54) is 24.1 Å². The third kappa shape index (κ3) is 3.16. The highest BCUT2D eigenvalue weighted by atomic mass is 32.2. The van der Waals surface area contributed by atoms with Crippen LogP contribution in [0.1, 0.15) is 22.5 Å². The number of benzene rings is 1. The molecule has 0 aliphatic carbocycles. The molecule has 0 spiro atoms. The fourth-order valence-electron chi connectivity index (χ4n) is 2.03. The summed E-state index contributed by atoms with van der Waals surface area (Å²) in [6, 6.07) is 7.19. The van der Waals surface area contributed by atoms with E-state index in [4.69, 9.17) is 19.0 Å². The molecule has 0 radical (unpaired) electrons. The molecule has 2 heterocycles. The number of aromatic carboxylic acids is 1. The van der Waals surface area contributed by atoms with Crippen LogP contribution in [0.3, 0.4) is 0 Å². The Labute approximate surface area is 125 Å². The van der Waals surface area contributed by atoms with Gasteiger partial charge in [-0.15, -0.1) is 11.8 Å². The predicted molar refractivity (Wildman–Crippen MR) is 77.3 cm³/mol. The highest BCUT2D eigenvalue weighted by molar-refractivity contribution is 7.98. The molecule has 3 rings (SSSR count). The molecule has 0 bridgehead atoms. The quantitative estimate of drug-likeness (QED) is 0.873. The Kier molecular flexibility index (Phi) is 4.06. The van der Waals surface area contributed by atoms with Gasteiger partial charge in [0.2, 0.25) is 0 Å². The molecule has 0 amide bonds. The molecule has 0 saturated heterocycles. The van der Waals surface area contributed by atoms with Crippen LogP contribution in [-0.4, -0.2) is 24.3 Å². The van der Waals surface area contributed by atoms with Gasteiger partial charge in [-0.3, -0.25) is 0 Å². The van der Waals surface area contributed by atoms with Crippen LogP contribution >= 0.6 is 11.8 Å². The van der Waals surface area contributed by atoms with E-state index in [0.29, 0.717) is 24.7 Å². The lowest BCUT2D eigenvalue weighted by Crippen LogP contribution is -1.97. The molecular formula is C15H14O5S. The zero-order valence-corrected chi connectivity index (χ0v) is 12.0. The van der Waals surface area contributed by atoms with Gasteiger partial charge >= 0.3 is 5.97 Å². The van der Waals surface area contributed by atoms with Gasteiger partial charge in [0.1, 0.15) is 11.3 Å². The van der Waals surface area contributed by atoms with Crippen molar-refractivity contribution in [2.75, 3.05) is 13.2 Å². The molecule has 110 valence electrons. The first-order valence-corrected chi connectivity index (χ1v) is 7.55. The second kappa shape index (κ2) is 6.13. The first-order valence-electron chi connectivity index (χ1n) is 6.56. The highest BCUT2D eigenvalue weighted by Gasteiger charge is 2.15. The lowest BCUT2D eigenvalue weighted by Gasteiger charge is -2.08. The van der Waals surface area contributed by atoms with Crippen molar-refractivity contribution >= 4 is 17.7 Å². The van der Waals surface area contributed by atoms with Gasteiger partial charge in [-0.05, 0) is 24.3 Å². The minimum Gasteiger partial charge on any atom is -0.490 e. The zero-order chi connectivity index (χ0) is 14.7. The van der Waals surface area contributed by atoms with E-state index in [2.05, 4.69) is 0 Å². The van der Waals surface area contributed by atoms with Crippen molar-refractivity contribution < 1.29 is 23.8 Å². The first kappa shape index (κ1) is 13.9. The van der Waals surface area contributed by atoms with E-state index < -0.39 is 5.97 Å². The van der Waals surface area contributed by atoms with E-state index in [-0.39, 0.29) is 5.56 Å². The second-order valence-corrected chi connectivity index (χ2v) is 5.56.